The quantitative estimate of drug-likeness (QED) is 0.171. The topological polar surface area (TPSA) is 99.4 Å². The lowest BCUT2D eigenvalue weighted by molar-refractivity contribution is 0.0923. The van der Waals surface area contributed by atoms with Crippen molar-refractivity contribution in [3.05, 3.63) is 108 Å². The van der Waals surface area contributed by atoms with E-state index in [1.807, 2.05) is 54.6 Å². The van der Waals surface area contributed by atoms with Crippen molar-refractivity contribution in [1.29, 1.82) is 0 Å². The van der Waals surface area contributed by atoms with Gasteiger partial charge in [0, 0.05) is 18.0 Å². The van der Waals surface area contributed by atoms with Crippen molar-refractivity contribution in [1.82, 2.24) is 20.4 Å². The molecular formula is C37H40N4O4. The van der Waals surface area contributed by atoms with Gasteiger partial charge in [-0.3, -0.25) is 9.78 Å². The summed E-state index contributed by atoms with van der Waals surface area (Å²) in [6.45, 7) is 9.07. The van der Waals surface area contributed by atoms with Gasteiger partial charge in [0.2, 0.25) is 5.89 Å². The molecule has 5 aromatic rings. The predicted molar refractivity (Wildman–Crippen MR) is 174 cm³/mol. The maximum Gasteiger partial charge on any atom is 0.270 e. The van der Waals surface area contributed by atoms with Gasteiger partial charge >= 0.3 is 0 Å². The smallest absolute Gasteiger partial charge is 0.270 e. The zero-order valence-electron chi connectivity index (χ0n) is 26.4. The Labute approximate surface area is 264 Å². The number of aryl methyl sites for hydroxylation is 1. The molecule has 1 amide bonds. The lowest BCUT2D eigenvalue weighted by Crippen LogP contribution is -2.31. The summed E-state index contributed by atoms with van der Waals surface area (Å²) >= 11 is 0. The molecule has 232 valence electrons. The van der Waals surface area contributed by atoms with Crippen LogP contribution in [0.1, 0.15) is 85.8 Å². The van der Waals surface area contributed by atoms with E-state index < -0.39 is 6.04 Å². The molecule has 0 unspecified atom stereocenters. The first-order chi connectivity index (χ1) is 21.7. The van der Waals surface area contributed by atoms with E-state index in [2.05, 4.69) is 53.3 Å². The molecule has 1 aliphatic carbocycles. The molecule has 1 fully saturated rings. The number of nitrogens with zero attached hydrogens (tertiary/aromatic N) is 3. The zero-order valence-corrected chi connectivity index (χ0v) is 26.4. The maximum atomic E-state index is 13.5. The number of ether oxygens (including phenoxy) is 2. The second-order valence-electron chi connectivity index (χ2n) is 13.0. The Bertz CT molecular complexity index is 1750. The van der Waals surface area contributed by atoms with Gasteiger partial charge in [-0.1, -0.05) is 63.0 Å². The van der Waals surface area contributed by atoms with Crippen LogP contribution in [0.4, 0.5) is 0 Å². The van der Waals surface area contributed by atoms with E-state index in [9.17, 15) is 4.79 Å². The van der Waals surface area contributed by atoms with Crippen molar-refractivity contribution in [2.45, 2.75) is 71.3 Å². The van der Waals surface area contributed by atoms with E-state index in [0.717, 1.165) is 34.4 Å². The van der Waals surface area contributed by atoms with Crippen molar-refractivity contribution in [3.8, 4) is 17.2 Å². The maximum absolute atomic E-state index is 13.5. The third-order valence-corrected chi connectivity index (χ3v) is 8.35. The molecule has 0 spiro atoms. The highest BCUT2D eigenvalue weighted by Crippen LogP contribution is 2.30. The van der Waals surface area contributed by atoms with E-state index >= 15 is 0 Å². The van der Waals surface area contributed by atoms with Crippen LogP contribution in [-0.2, 0) is 11.8 Å². The van der Waals surface area contributed by atoms with E-state index in [0.29, 0.717) is 29.8 Å². The Morgan fingerprint density at radius 2 is 1.64 bits per heavy atom. The molecule has 0 saturated heterocycles. The highest BCUT2D eigenvalue weighted by atomic mass is 16.5. The average Bonchev–Trinajstić information content (AvgIpc) is 3.72. The van der Waals surface area contributed by atoms with Gasteiger partial charge in [0.25, 0.3) is 5.91 Å². The van der Waals surface area contributed by atoms with Crippen LogP contribution in [0, 0.1) is 12.8 Å². The van der Waals surface area contributed by atoms with E-state index in [-0.39, 0.29) is 17.0 Å². The lowest BCUT2D eigenvalue weighted by Gasteiger charge is -2.19. The van der Waals surface area contributed by atoms with Crippen molar-refractivity contribution < 1.29 is 18.8 Å². The Morgan fingerprint density at radius 3 is 2.33 bits per heavy atom. The SMILES string of the molecule is Cc1noc([C@H](Cc2ccc(OCC3CCCC3)cc2)NC(=O)c2cc3cc(Oc4ccc(C(C)(C)C)cc4)ccc3cn2)n1. The predicted octanol–water partition coefficient (Wildman–Crippen LogP) is 8.30. The average molecular weight is 605 g/mol. The molecule has 2 heterocycles. The summed E-state index contributed by atoms with van der Waals surface area (Å²) < 4.78 is 17.6. The molecule has 6 rings (SSSR count). The number of hydrogen-bond acceptors (Lipinski definition) is 7. The van der Waals surface area contributed by atoms with Crippen molar-refractivity contribution in [3.63, 3.8) is 0 Å². The second-order valence-corrected chi connectivity index (χ2v) is 13.0. The Balaban J connectivity index is 1.15. The van der Waals surface area contributed by atoms with Crippen LogP contribution in [0.2, 0.25) is 0 Å². The molecule has 1 N–H and O–H groups in total. The number of benzene rings is 3. The van der Waals surface area contributed by atoms with E-state index in [1.54, 1.807) is 19.2 Å². The fraction of sp³-hybridized carbons (Fsp3) is 0.351. The number of nitrogens with one attached hydrogen (secondary N) is 1. The molecule has 1 saturated carbocycles. The summed E-state index contributed by atoms with van der Waals surface area (Å²) in [7, 11) is 0. The minimum atomic E-state index is -0.535. The largest absolute Gasteiger partial charge is 0.493 e. The molecule has 2 aromatic heterocycles. The Morgan fingerprint density at radius 1 is 0.933 bits per heavy atom. The summed E-state index contributed by atoms with van der Waals surface area (Å²) in [4.78, 5) is 22.4. The minimum Gasteiger partial charge on any atom is -0.493 e. The fourth-order valence-corrected chi connectivity index (χ4v) is 5.70. The van der Waals surface area contributed by atoms with Gasteiger partial charge in [-0.15, -0.1) is 0 Å². The molecular weight excluding hydrogens is 564 g/mol. The number of hydrogen-bond donors (Lipinski definition) is 1. The first-order valence-electron chi connectivity index (χ1n) is 15.7. The number of amides is 1. The molecule has 1 atom stereocenters. The van der Waals surface area contributed by atoms with Crippen molar-refractivity contribution in [2.24, 2.45) is 5.92 Å². The van der Waals surface area contributed by atoms with Gasteiger partial charge in [0.05, 0.1) is 6.61 Å². The number of carbonyl (C=O) groups excluding carboxylic acids is 1. The van der Waals surface area contributed by atoms with Crippen LogP contribution in [-0.4, -0.2) is 27.6 Å². The zero-order chi connectivity index (χ0) is 31.4. The van der Waals surface area contributed by atoms with Gasteiger partial charge in [-0.05, 0) is 96.1 Å². The summed E-state index contributed by atoms with van der Waals surface area (Å²) in [5.41, 5.74) is 2.60. The van der Waals surface area contributed by atoms with Crippen molar-refractivity contribution >= 4 is 16.7 Å². The molecule has 45 heavy (non-hydrogen) atoms. The summed E-state index contributed by atoms with van der Waals surface area (Å²) in [6.07, 6.45) is 7.25. The van der Waals surface area contributed by atoms with Crippen LogP contribution in [0.15, 0.2) is 83.5 Å². The van der Waals surface area contributed by atoms with Crippen LogP contribution in [0.5, 0.6) is 17.2 Å². The first kappa shape index (κ1) is 30.3. The summed E-state index contributed by atoms with van der Waals surface area (Å²) in [5, 5.41) is 8.76. The van der Waals surface area contributed by atoms with E-state index in [1.165, 1.54) is 31.2 Å². The number of aromatic nitrogens is 3. The Hall–Kier alpha value is -4.72. The van der Waals surface area contributed by atoms with Crippen molar-refractivity contribution in [2.75, 3.05) is 6.61 Å². The molecule has 8 heteroatoms. The minimum absolute atomic E-state index is 0.0700. The van der Waals surface area contributed by atoms with Gasteiger partial charge in [-0.2, -0.15) is 4.98 Å². The first-order valence-corrected chi connectivity index (χ1v) is 15.7. The standard InChI is InChI=1S/C37H40N4O4/c1-24-39-36(45-41-24)34(19-25-9-14-30(15-10-25)43-23-26-7-5-6-8-26)40-35(42)33-21-28-20-32(16-11-27(28)22-38-33)44-31-17-12-29(13-18-31)37(2,3)4/h9-18,20-22,26,34H,5-8,19,23H2,1-4H3,(H,40,42)/t34-/m0/s1. The number of carbonyl (C=O) groups is 1. The highest BCUT2D eigenvalue weighted by molar-refractivity contribution is 5.96. The number of fused-ring (bicyclic) bond motifs is 1. The van der Waals surface area contributed by atoms with Gasteiger partial charge in [0.15, 0.2) is 5.82 Å². The molecule has 0 bridgehead atoms. The van der Waals surface area contributed by atoms with Gasteiger partial charge in [0.1, 0.15) is 29.0 Å². The third kappa shape index (κ3) is 7.69. The highest BCUT2D eigenvalue weighted by Gasteiger charge is 2.23. The van der Waals surface area contributed by atoms with Crippen LogP contribution < -0.4 is 14.8 Å². The third-order valence-electron chi connectivity index (χ3n) is 8.35. The molecule has 0 radical (unpaired) electrons. The number of pyridine rings is 1. The summed E-state index contributed by atoms with van der Waals surface area (Å²) in [6, 6.07) is 23.1. The van der Waals surface area contributed by atoms with Crippen LogP contribution in [0.3, 0.4) is 0 Å². The number of rotatable bonds is 10. The van der Waals surface area contributed by atoms with Crippen LogP contribution in [0.25, 0.3) is 10.8 Å². The molecule has 8 nitrogen and oxygen atoms in total. The molecule has 0 aliphatic heterocycles. The van der Waals surface area contributed by atoms with Gasteiger partial charge in [-0.25, -0.2) is 0 Å². The van der Waals surface area contributed by atoms with Gasteiger partial charge < -0.3 is 19.3 Å². The fourth-order valence-electron chi connectivity index (χ4n) is 5.70. The molecule has 1 aliphatic rings. The Kier molecular flexibility index (Phi) is 8.83. The molecule has 3 aromatic carbocycles. The van der Waals surface area contributed by atoms with Crippen LogP contribution >= 0.6 is 0 Å². The second kappa shape index (κ2) is 13.1. The normalized spacial score (nSPS) is 14.4. The van der Waals surface area contributed by atoms with E-state index in [4.69, 9.17) is 14.0 Å². The lowest BCUT2D eigenvalue weighted by atomic mass is 9.87. The monoisotopic (exact) mass is 604 g/mol. The summed E-state index contributed by atoms with van der Waals surface area (Å²) in [5.74, 6) is 3.45.